The van der Waals surface area contributed by atoms with Crippen molar-refractivity contribution in [3.8, 4) is 5.75 Å². The molecule has 134 valence electrons. The zero-order valence-corrected chi connectivity index (χ0v) is 15.1. The van der Waals surface area contributed by atoms with E-state index in [0.29, 0.717) is 11.7 Å². The van der Waals surface area contributed by atoms with Crippen LogP contribution in [0.25, 0.3) is 0 Å². The monoisotopic (exact) mass is 332 g/mol. The molecule has 0 aliphatic carbocycles. The lowest BCUT2D eigenvalue weighted by molar-refractivity contribution is 0.0696. The summed E-state index contributed by atoms with van der Waals surface area (Å²) in [5.74, 6) is 0.0155. The molecule has 0 fully saturated rings. The third-order valence-corrected chi connectivity index (χ3v) is 4.97. The number of aryl methyl sites for hydroxylation is 1. The van der Waals surface area contributed by atoms with Gasteiger partial charge in [-0.05, 0) is 49.4 Å². The van der Waals surface area contributed by atoms with E-state index in [4.69, 9.17) is 9.84 Å². The van der Waals surface area contributed by atoms with Gasteiger partial charge in [0.1, 0.15) is 5.75 Å². The van der Waals surface area contributed by atoms with Crippen molar-refractivity contribution in [1.82, 2.24) is 0 Å². The van der Waals surface area contributed by atoms with Gasteiger partial charge in [-0.1, -0.05) is 58.3 Å². The zero-order chi connectivity index (χ0) is 17.2. The van der Waals surface area contributed by atoms with E-state index in [0.717, 1.165) is 30.6 Å². The SMILES string of the molecule is CCCCCCCCCCC[C@@H]1CCc2cc(C(=O)O)ccc2O1. The van der Waals surface area contributed by atoms with Crippen LogP contribution in [0.2, 0.25) is 0 Å². The van der Waals surface area contributed by atoms with Crippen molar-refractivity contribution in [2.45, 2.75) is 90.1 Å². The molecule has 0 amide bonds. The van der Waals surface area contributed by atoms with Gasteiger partial charge in [-0.25, -0.2) is 4.79 Å². The smallest absolute Gasteiger partial charge is 0.335 e. The number of aromatic carboxylic acids is 1. The van der Waals surface area contributed by atoms with Crippen LogP contribution in [0.5, 0.6) is 5.75 Å². The van der Waals surface area contributed by atoms with Gasteiger partial charge in [-0.2, -0.15) is 0 Å². The number of fused-ring (bicyclic) bond motifs is 1. The lowest BCUT2D eigenvalue weighted by Crippen LogP contribution is -2.22. The van der Waals surface area contributed by atoms with Gasteiger partial charge >= 0.3 is 5.97 Å². The molecule has 1 aromatic carbocycles. The predicted octanol–water partition coefficient (Wildman–Crippen LogP) is 6.00. The first-order valence-corrected chi connectivity index (χ1v) is 9.73. The van der Waals surface area contributed by atoms with E-state index in [-0.39, 0.29) is 0 Å². The maximum atomic E-state index is 11.0. The molecule has 0 spiro atoms. The molecule has 0 radical (unpaired) electrons. The Balaban J connectivity index is 1.60. The average Bonchev–Trinajstić information content (AvgIpc) is 2.59. The first-order chi connectivity index (χ1) is 11.7. The topological polar surface area (TPSA) is 46.5 Å². The van der Waals surface area contributed by atoms with Gasteiger partial charge in [0.05, 0.1) is 11.7 Å². The molecule has 0 unspecified atom stereocenters. The second-order valence-corrected chi connectivity index (χ2v) is 7.02. The number of rotatable bonds is 11. The van der Waals surface area contributed by atoms with Crippen LogP contribution in [0.15, 0.2) is 18.2 Å². The average molecular weight is 332 g/mol. The van der Waals surface area contributed by atoms with Crippen molar-refractivity contribution in [3.05, 3.63) is 29.3 Å². The van der Waals surface area contributed by atoms with Crippen LogP contribution in [0.3, 0.4) is 0 Å². The zero-order valence-electron chi connectivity index (χ0n) is 15.1. The Kier molecular flexibility index (Phi) is 8.14. The third-order valence-electron chi connectivity index (χ3n) is 4.97. The summed E-state index contributed by atoms with van der Waals surface area (Å²) in [6.45, 7) is 2.26. The number of carbonyl (C=O) groups is 1. The molecule has 1 aromatic rings. The largest absolute Gasteiger partial charge is 0.490 e. The Hall–Kier alpha value is -1.51. The molecule has 1 heterocycles. The third kappa shape index (κ3) is 6.18. The standard InChI is InChI=1S/C21H32O3/c1-2-3-4-5-6-7-8-9-10-11-19-14-12-17-16-18(21(22)23)13-15-20(17)24-19/h13,15-16,19H,2-12,14H2,1H3,(H,22,23)/t19-/m1/s1. The fraction of sp³-hybridized carbons (Fsp3) is 0.667. The highest BCUT2D eigenvalue weighted by Crippen LogP contribution is 2.30. The molecular formula is C21H32O3. The molecule has 1 N–H and O–H groups in total. The highest BCUT2D eigenvalue weighted by atomic mass is 16.5. The fourth-order valence-corrected chi connectivity index (χ4v) is 3.46. The van der Waals surface area contributed by atoms with Gasteiger partial charge in [0.15, 0.2) is 0 Å². The van der Waals surface area contributed by atoms with Crippen LogP contribution in [0.4, 0.5) is 0 Å². The molecule has 0 aromatic heterocycles. The Bertz CT molecular complexity index is 510. The molecule has 1 aliphatic rings. The Labute approximate surface area is 146 Å². The molecule has 1 aliphatic heterocycles. The molecule has 2 rings (SSSR count). The van der Waals surface area contributed by atoms with Gasteiger partial charge in [0.25, 0.3) is 0 Å². The molecule has 0 bridgehead atoms. The first-order valence-electron chi connectivity index (χ1n) is 9.73. The molecule has 3 heteroatoms. The van der Waals surface area contributed by atoms with Crippen LogP contribution < -0.4 is 4.74 Å². The van der Waals surface area contributed by atoms with Gasteiger partial charge in [0, 0.05) is 0 Å². The van der Waals surface area contributed by atoms with Gasteiger partial charge < -0.3 is 9.84 Å². The van der Waals surface area contributed by atoms with E-state index in [1.165, 1.54) is 57.8 Å². The van der Waals surface area contributed by atoms with E-state index < -0.39 is 5.97 Å². The number of hydrogen-bond donors (Lipinski definition) is 1. The molecule has 3 nitrogen and oxygen atoms in total. The fourth-order valence-electron chi connectivity index (χ4n) is 3.46. The van der Waals surface area contributed by atoms with E-state index in [1.807, 2.05) is 6.07 Å². The number of ether oxygens (including phenoxy) is 1. The summed E-state index contributed by atoms with van der Waals surface area (Å²) < 4.78 is 6.05. The van der Waals surface area contributed by atoms with E-state index in [1.54, 1.807) is 12.1 Å². The van der Waals surface area contributed by atoms with Crippen molar-refractivity contribution >= 4 is 5.97 Å². The summed E-state index contributed by atoms with van der Waals surface area (Å²) in [6.07, 6.45) is 15.5. The number of carboxylic acids is 1. The Morgan fingerprint density at radius 2 is 1.75 bits per heavy atom. The molecular weight excluding hydrogens is 300 g/mol. The van der Waals surface area contributed by atoms with Gasteiger partial charge in [-0.15, -0.1) is 0 Å². The molecule has 0 saturated carbocycles. The normalized spacial score (nSPS) is 16.5. The summed E-state index contributed by atoms with van der Waals surface area (Å²) in [4.78, 5) is 11.0. The van der Waals surface area contributed by atoms with Crippen molar-refractivity contribution < 1.29 is 14.6 Å². The van der Waals surface area contributed by atoms with Gasteiger partial charge in [-0.3, -0.25) is 0 Å². The quantitative estimate of drug-likeness (QED) is 0.506. The minimum absolute atomic E-state index is 0.303. The molecule has 0 saturated heterocycles. The van der Waals surface area contributed by atoms with Crippen molar-refractivity contribution in [3.63, 3.8) is 0 Å². The summed E-state index contributed by atoms with van der Waals surface area (Å²) in [5.41, 5.74) is 1.40. The first kappa shape index (κ1) is 18.8. The maximum Gasteiger partial charge on any atom is 0.335 e. The van der Waals surface area contributed by atoms with Crippen LogP contribution >= 0.6 is 0 Å². The lowest BCUT2D eigenvalue weighted by Gasteiger charge is -2.26. The lowest BCUT2D eigenvalue weighted by atomic mass is 9.97. The maximum absolute atomic E-state index is 11.0. The van der Waals surface area contributed by atoms with Crippen LogP contribution in [0, 0.1) is 0 Å². The second-order valence-electron chi connectivity index (χ2n) is 7.02. The Morgan fingerprint density at radius 3 is 2.42 bits per heavy atom. The minimum atomic E-state index is -0.866. The van der Waals surface area contributed by atoms with Crippen LogP contribution in [-0.4, -0.2) is 17.2 Å². The van der Waals surface area contributed by atoms with Crippen LogP contribution in [0.1, 0.15) is 93.5 Å². The highest BCUT2D eigenvalue weighted by Gasteiger charge is 2.20. The van der Waals surface area contributed by atoms with Gasteiger partial charge in [0.2, 0.25) is 0 Å². The summed E-state index contributed by atoms with van der Waals surface area (Å²) >= 11 is 0. The predicted molar refractivity (Wildman–Crippen MR) is 98.0 cm³/mol. The minimum Gasteiger partial charge on any atom is -0.490 e. The molecule has 24 heavy (non-hydrogen) atoms. The van der Waals surface area contributed by atoms with E-state index >= 15 is 0 Å². The molecule has 1 atom stereocenters. The second kappa shape index (κ2) is 10.4. The summed E-state index contributed by atoms with van der Waals surface area (Å²) in [6, 6.07) is 5.22. The van der Waals surface area contributed by atoms with Crippen LogP contribution in [-0.2, 0) is 6.42 Å². The Morgan fingerprint density at radius 1 is 1.08 bits per heavy atom. The van der Waals surface area contributed by atoms with Crippen molar-refractivity contribution in [2.24, 2.45) is 0 Å². The van der Waals surface area contributed by atoms with E-state index in [2.05, 4.69) is 6.92 Å². The van der Waals surface area contributed by atoms with E-state index in [9.17, 15) is 4.79 Å². The number of unbranched alkanes of at least 4 members (excludes halogenated alkanes) is 8. The highest BCUT2D eigenvalue weighted by molar-refractivity contribution is 5.88. The summed E-state index contributed by atoms with van der Waals surface area (Å²) in [5, 5.41) is 9.04. The number of hydrogen-bond acceptors (Lipinski definition) is 2. The number of carboxylic acid groups (broad SMARTS) is 1. The number of benzene rings is 1. The summed E-state index contributed by atoms with van der Waals surface area (Å²) in [7, 11) is 0. The van der Waals surface area contributed by atoms with Crippen molar-refractivity contribution in [2.75, 3.05) is 0 Å². The van der Waals surface area contributed by atoms with Crippen molar-refractivity contribution in [1.29, 1.82) is 0 Å².